The van der Waals surface area contributed by atoms with Gasteiger partial charge in [-0.25, -0.2) is 0 Å². The van der Waals surface area contributed by atoms with Gasteiger partial charge in [0.1, 0.15) is 0 Å². The summed E-state index contributed by atoms with van der Waals surface area (Å²) in [6.45, 7) is 2.79. The van der Waals surface area contributed by atoms with E-state index in [-0.39, 0.29) is 0 Å². The zero-order valence-corrected chi connectivity index (χ0v) is 11.2. The fourth-order valence-electron chi connectivity index (χ4n) is 1.92. The molecule has 0 amide bonds. The van der Waals surface area contributed by atoms with Crippen molar-refractivity contribution >= 4 is 6.29 Å². The molecule has 5 heteroatoms. The number of rotatable bonds is 5. The van der Waals surface area contributed by atoms with Crippen LogP contribution in [0.5, 0.6) is 11.5 Å². The van der Waals surface area contributed by atoms with Gasteiger partial charge in [-0.15, -0.1) is 0 Å². The Hall–Kier alpha value is -2.30. The third kappa shape index (κ3) is 2.45. The first kappa shape index (κ1) is 13.1. The van der Waals surface area contributed by atoms with Crippen molar-refractivity contribution in [3.05, 3.63) is 30.1 Å². The summed E-state index contributed by atoms with van der Waals surface area (Å²) in [5.74, 6) is 1.13. The number of ether oxygens (including phenoxy) is 2. The van der Waals surface area contributed by atoms with Gasteiger partial charge in [-0.05, 0) is 24.6 Å². The van der Waals surface area contributed by atoms with Crippen molar-refractivity contribution < 1.29 is 14.3 Å². The summed E-state index contributed by atoms with van der Waals surface area (Å²) in [6.07, 6.45) is 4.44. The van der Waals surface area contributed by atoms with Crippen LogP contribution >= 0.6 is 0 Å². The second-order valence-corrected chi connectivity index (χ2v) is 4.00. The van der Waals surface area contributed by atoms with Crippen molar-refractivity contribution in [3.63, 3.8) is 0 Å². The molecule has 1 aromatic heterocycles. The van der Waals surface area contributed by atoms with Gasteiger partial charge in [-0.3, -0.25) is 9.48 Å². The molecule has 1 aromatic carbocycles. The monoisotopic (exact) mass is 260 g/mol. The molecule has 1 heterocycles. The molecule has 2 rings (SSSR count). The Kier molecular flexibility index (Phi) is 3.85. The Morgan fingerprint density at radius 2 is 1.95 bits per heavy atom. The van der Waals surface area contributed by atoms with Gasteiger partial charge in [0.2, 0.25) is 0 Å². The maximum absolute atomic E-state index is 11.2. The number of aromatic nitrogens is 2. The van der Waals surface area contributed by atoms with E-state index in [1.165, 1.54) is 0 Å². The van der Waals surface area contributed by atoms with E-state index in [0.29, 0.717) is 17.1 Å². The van der Waals surface area contributed by atoms with Gasteiger partial charge in [0, 0.05) is 23.9 Å². The van der Waals surface area contributed by atoms with Crippen LogP contribution in [-0.2, 0) is 6.54 Å². The summed E-state index contributed by atoms with van der Waals surface area (Å²) in [6, 6.07) is 3.46. The summed E-state index contributed by atoms with van der Waals surface area (Å²) < 4.78 is 12.3. The fourth-order valence-corrected chi connectivity index (χ4v) is 1.92. The molecule has 0 saturated carbocycles. The molecular weight excluding hydrogens is 244 g/mol. The zero-order chi connectivity index (χ0) is 13.8. The van der Waals surface area contributed by atoms with Gasteiger partial charge >= 0.3 is 0 Å². The molecule has 0 radical (unpaired) electrons. The Morgan fingerprint density at radius 1 is 1.26 bits per heavy atom. The highest BCUT2D eigenvalue weighted by Crippen LogP contribution is 2.34. The average Bonchev–Trinajstić information content (AvgIpc) is 2.94. The number of carbonyl (C=O) groups excluding carboxylic acids is 1. The number of hydrogen-bond acceptors (Lipinski definition) is 4. The van der Waals surface area contributed by atoms with Crippen LogP contribution in [0.2, 0.25) is 0 Å². The molecule has 0 spiro atoms. The number of aldehydes is 1. The molecule has 0 unspecified atom stereocenters. The lowest BCUT2D eigenvalue weighted by Crippen LogP contribution is -1.95. The van der Waals surface area contributed by atoms with Crippen LogP contribution in [0.3, 0.4) is 0 Å². The number of methoxy groups -OCH3 is 2. The number of hydrogen-bond donors (Lipinski definition) is 0. The Balaban J connectivity index is 2.57. The molecule has 0 N–H and O–H groups in total. The van der Waals surface area contributed by atoms with Crippen LogP contribution in [0.4, 0.5) is 0 Å². The quantitative estimate of drug-likeness (QED) is 0.775. The zero-order valence-electron chi connectivity index (χ0n) is 11.2. The van der Waals surface area contributed by atoms with Gasteiger partial charge in [0.05, 0.1) is 20.4 Å². The van der Waals surface area contributed by atoms with E-state index in [1.54, 1.807) is 37.2 Å². The standard InChI is InChI=1S/C14H16N2O3/c1-4-16-8-11(7-15-16)12-6-14(19-3)13(18-2)5-10(12)9-17/h5-9H,4H2,1-3H3. The van der Waals surface area contributed by atoms with E-state index in [9.17, 15) is 4.79 Å². The SMILES string of the molecule is CCn1cc(-c2cc(OC)c(OC)cc2C=O)cn1. The largest absolute Gasteiger partial charge is 0.493 e. The van der Waals surface area contributed by atoms with Crippen LogP contribution in [0.15, 0.2) is 24.5 Å². The van der Waals surface area contributed by atoms with E-state index in [2.05, 4.69) is 5.10 Å². The van der Waals surface area contributed by atoms with Gasteiger partial charge < -0.3 is 9.47 Å². The highest BCUT2D eigenvalue weighted by Gasteiger charge is 2.13. The molecule has 0 aliphatic heterocycles. The predicted octanol–water partition coefficient (Wildman–Crippen LogP) is 2.40. The van der Waals surface area contributed by atoms with Crippen molar-refractivity contribution in [3.8, 4) is 22.6 Å². The normalized spacial score (nSPS) is 10.3. The molecule has 0 aliphatic carbocycles. The van der Waals surface area contributed by atoms with Crippen LogP contribution in [0.1, 0.15) is 17.3 Å². The van der Waals surface area contributed by atoms with E-state index in [1.807, 2.05) is 13.1 Å². The van der Waals surface area contributed by atoms with E-state index in [0.717, 1.165) is 24.0 Å². The second-order valence-electron chi connectivity index (χ2n) is 4.00. The van der Waals surface area contributed by atoms with Gasteiger partial charge in [0.25, 0.3) is 0 Å². The van der Waals surface area contributed by atoms with Gasteiger partial charge in [0.15, 0.2) is 17.8 Å². The maximum atomic E-state index is 11.2. The Morgan fingerprint density at radius 3 is 2.47 bits per heavy atom. The molecule has 2 aromatic rings. The minimum atomic E-state index is 0.538. The highest BCUT2D eigenvalue weighted by atomic mass is 16.5. The molecule has 100 valence electrons. The van der Waals surface area contributed by atoms with Crippen molar-refractivity contribution in [1.29, 1.82) is 0 Å². The first-order chi connectivity index (χ1) is 9.23. The molecule has 0 fully saturated rings. The first-order valence-corrected chi connectivity index (χ1v) is 5.97. The third-order valence-corrected chi connectivity index (χ3v) is 2.95. The van der Waals surface area contributed by atoms with E-state index < -0.39 is 0 Å². The number of aryl methyl sites for hydroxylation is 1. The summed E-state index contributed by atoms with van der Waals surface area (Å²) in [5, 5.41) is 4.21. The van der Waals surface area contributed by atoms with Crippen LogP contribution in [0, 0.1) is 0 Å². The Labute approximate surface area is 111 Å². The second kappa shape index (κ2) is 5.56. The van der Waals surface area contributed by atoms with Crippen molar-refractivity contribution in [2.45, 2.75) is 13.5 Å². The minimum Gasteiger partial charge on any atom is -0.493 e. The molecule has 0 aliphatic rings. The Bertz CT molecular complexity index is 590. The van der Waals surface area contributed by atoms with Gasteiger partial charge in [-0.2, -0.15) is 5.10 Å². The predicted molar refractivity (Wildman–Crippen MR) is 71.8 cm³/mol. The number of carbonyl (C=O) groups is 1. The lowest BCUT2D eigenvalue weighted by atomic mass is 10.0. The van der Waals surface area contributed by atoms with Crippen LogP contribution < -0.4 is 9.47 Å². The number of benzene rings is 1. The smallest absolute Gasteiger partial charge is 0.161 e. The summed E-state index contributed by atoms with van der Waals surface area (Å²) in [7, 11) is 3.11. The highest BCUT2D eigenvalue weighted by molar-refractivity contribution is 5.89. The van der Waals surface area contributed by atoms with Crippen molar-refractivity contribution in [1.82, 2.24) is 9.78 Å². The van der Waals surface area contributed by atoms with Crippen LogP contribution in [-0.4, -0.2) is 30.3 Å². The van der Waals surface area contributed by atoms with E-state index in [4.69, 9.17) is 9.47 Å². The molecule has 0 saturated heterocycles. The topological polar surface area (TPSA) is 53.4 Å². The lowest BCUT2D eigenvalue weighted by molar-refractivity contribution is 0.112. The molecule has 0 bridgehead atoms. The van der Waals surface area contributed by atoms with Crippen LogP contribution in [0.25, 0.3) is 11.1 Å². The summed E-state index contributed by atoms with van der Waals surface area (Å²) in [5.41, 5.74) is 2.21. The van der Waals surface area contributed by atoms with E-state index >= 15 is 0 Å². The molecule has 0 atom stereocenters. The first-order valence-electron chi connectivity index (χ1n) is 5.97. The molecule has 5 nitrogen and oxygen atoms in total. The van der Waals surface area contributed by atoms with Gasteiger partial charge in [-0.1, -0.05) is 0 Å². The van der Waals surface area contributed by atoms with Crippen molar-refractivity contribution in [2.75, 3.05) is 14.2 Å². The molecular formula is C14H16N2O3. The minimum absolute atomic E-state index is 0.538. The molecule has 19 heavy (non-hydrogen) atoms. The fraction of sp³-hybridized carbons (Fsp3) is 0.286. The average molecular weight is 260 g/mol. The van der Waals surface area contributed by atoms with Crippen molar-refractivity contribution in [2.24, 2.45) is 0 Å². The third-order valence-electron chi connectivity index (χ3n) is 2.95. The maximum Gasteiger partial charge on any atom is 0.161 e. The lowest BCUT2D eigenvalue weighted by Gasteiger charge is -2.11. The summed E-state index contributed by atoms with van der Waals surface area (Å²) in [4.78, 5) is 11.2. The summed E-state index contributed by atoms with van der Waals surface area (Å²) >= 11 is 0. The number of nitrogens with zero attached hydrogens (tertiary/aromatic N) is 2.